The van der Waals surface area contributed by atoms with Gasteiger partial charge in [-0.3, -0.25) is 0 Å². The quantitative estimate of drug-likeness (QED) is 0.880. The molecule has 0 fully saturated rings. The summed E-state index contributed by atoms with van der Waals surface area (Å²) >= 11 is 1.66. The summed E-state index contributed by atoms with van der Waals surface area (Å²) in [5.41, 5.74) is 0.646. The van der Waals surface area contributed by atoms with E-state index >= 15 is 0 Å². The summed E-state index contributed by atoms with van der Waals surface area (Å²) in [6.07, 6.45) is -0.156. The van der Waals surface area contributed by atoms with Crippen molar-refractivity contribution in [3.05, 3.63) is 40.1 Å². The third kappa shape index (κ3) is 3.75. The molecule has 0 saturated heterocycles. The third-order valence-electron chi connectivity index (χ3n) is 3.44. The van der Waals surface area contributed by atoms with Gasteiger partial charge in [-0.15, -0.1) is 11.3 Å². The first-order valence-electron chi connectivity index (χ1n) is 7.19. The molecule has 3 rings (SSSR count). The molecule has 0 bridgehead atoms. The molecule has 0 spiro atoms. The van der Waals surface area contributed by atoms with Crippen LogP contribution in [-0.2, 0) is 4.74 Å². The lowest BCUT2D eigenvalue weighted by molar-refractivity contribution is 0.107. The Morgan fingerprint density at radius 2 is 2.13 bits per heavy atom. The number of methoxy groups -OCH3 is 1. The number of hydrogen-bond acceptors (Lipinski definition) is 5. The highest BCUT2D eigenvalue weighted by Crippen LogP contribution is 2.34. The molecule has 122 valence electrons. The number of aryl methyl sites for hydroxylation is 1. The summed E-state index contributed by atoms with van der Waals surface area (Å²) < 4.78 is 16.0. The van der Waals surface area contributed by atoms with Crippen molar-refractivity contribution < 1.29 is 19.0 Å². The number of carbonyl (C=O) groups is 1. The average molecular weight is 334 g/mol. The molecule has 1 aliphatic heterocycles. The molecule has 7 heteroatoms. The fourth-order valence-electron chi connectivity index (χ4n) is 2.26. The summed E-state index contributed by atoms with van der Waals surface area (Å²) in [7, 11) is 1.64. The van der Waals surface area contributed by atoms with Gasteiger partial charge in [0.2, 0.25) is 6.79 Å². The SMILES string of the molecule is CO[C@@H](CNC(=O)Nc1ccc2c(c1)OCO2)c1ccc(C)s1. The number of amides is 2. The molecule has 0 unspecified atom stereocenters. The topological polar surface area (TPSA) is 68.8 Å². The van der Waals surface area contributed by atoms with Gasteiger partial charge in [-0.1, -0.05) is 0 Å². The Labute approximate surface area is 138 Å². The Balaban J connectivity index is 1.54. The highest BCUT2D eigenvalue weighted by atomic mass is 32.1. The molecular weight excluding hydrogens is 316 g/mol. The summed E-state index contributed by atoms with van der Waals surface area (Å²) in [6.45, 7) is 2.65. The fraction of sp³-hybridized carbons (Fsp3) is 0.312. The van der Waals surface area contributed by atoms with E-state index in [1.165, 1.54) is 4.88 Å². The highest BCUT2D eigenvalue weighted by Gasteiger charge is 2.16. The minimum Gasteiger partial charge on any atom is -0.454 e. The minimum atomic E-state index is -0.292. The van der Waals surface area contributed by atoms with Crippen molar-refractivity contribution in [1.82, 2.24) is 5.32 Å². The van der Waals surface area contributed by atoms with E-state index in [9.17, 15) is 4.79 Å². The van der Waals surface area contributed by atoms with Crippen LogP contribution in [0.1, 0.15) is 15.9 Å². The summed E-state index contributed by atoms with van der Waals surface area (Å²) in [4.78, 5) is 14.3. The van der Waals surface area contributed by atoms with Crippen molar-refractivity contribution in [2.45, 2.75) is 13.0 Å². The second-order valence-electron chi connectivity index (χ2n) is 5.08. The van der Waals surface area contributed by atoms with Crippen molar-refractivity contribution in [2.24, 2.45) is 0 Å². The molecule has 6 nitrogen and oxygen atoms in total. The smallest absolute Gasteiger partial charge is 0.319 e. The molecule has 2 heterocycles. The molecule has 1 aliphatic rings. The van der Waals surface area contributed by atoms with Gasteiger partial charge in [0, 0.05) is 28.6 Å². The Morgan fingerprint density at radius 3 is 2.87 bits per heavy atom. The van der Waals surface area contributed by atoms with Crippen LogP contribution in [0.5, 0.6) is 11.5 Å². The van der Waals surface area contributed by atoms with E-state index < -0.39 is 0 Å². The van der Waals surface area contributed by atoms with Crippen molar-refractivity contribution in [3.63, 3.8) is 0 Å². The van der Waals surface area contributed by atoms with Crippen LogP contribution in [0.15, 0.2) is 30.3 Å². The first-order chi connectivity index (χ1) is 11.2. The molecule has 0 radical (unpaired) electrons. The summed E-state index contributed by atoms with van der Waals surface area (Å²) in [6, 6.07) is 9.04. The van der Waals surface area contributed by atoms with Crippen LogP contribution in [0.25, 0.3) is 0 Å². The van der Waals surface area contributed by atoms with Gasteiger partial charge in [-0.25, -0.2) is 4.79 Å². The van der Waals surface area contributed by atoms with Gasteiger partial charge in [-0.2, -0.15) is 0 Å². The molecule has 1 aromatic heterocycles. The zero-order valence-corrected chi connectivity index (χ0v) is 13.7. The molecule has 1 atom stereocenters. The lowest BCUT2D eigenvalue weighted by atomic mass is 10.2. The van der Waals surface area contributed by atoms with Gasteiger partial charge < -0.3 is 24.8 Å². The largest absolute Gasteiger partial charge is 0.454 e. The van der Waals surface area contributed by atoms with E-state index in [1.807, 2.05) is 19.1 Å². The second kappa shape index (κ2) is 6.89. The molecule has 2 aromatic rings. The standard InChI is InChI=1S/C16H18N2O4S/c1-10-3-6-15(23-10)14(20-2)8-17-16(19)18-11-4-5-12-13(7-11)22-9-21-12/h3-7,14H,8-9H2,1-2H3,(H2,17,18,19)/t14-/m0/s1. The van der Waals surface area contributed by atoms with Gasteiger partial charge in [-0.05, 0) is 31.2 Å². The first kappa shape index (κ1) is 15.6. The Bertz CT molecular complexity index is 701. The van der Waals surface area contributed by atoms with E-state index in [2.05, 4.69) is 10.6 Å². The highest BCUT2D eigenvalue weighted by molar-refractivity contribution is 7.12. The van der Waals surface area contributed by atoms with Crippen molar-refractivity contribution in [2.75, 3.05) is 25.8 Å². The van der Waals surface area contributed by atoms with Crippen LogP contribution >= 0.6 is 11.3 Å². The van der Waals surface area contributed by atoms with Crippen molar-refractivity contribution in [3.8, 4) is 11.5 Å². The Kier molecular flexibility index (Phi) is 4.68. The molecule has 0 aliphatic carbocycles. The van der Waals surface area contributed by atoms with E-state index in [1.54, 1.807) is 36.6 Å². The maximum Gasteiger partial charge on any atom is 0.319 e. The van der Waals surface area contributed by atoms with Gasteiger partial charge >= 0.3 is 6.03 Å². The maximum atomic E-state index is 12.0. The number of urea groups is 1. The van der Waals surface area contributed by atoms with E-state index in [0.29, 0.717) is 23.7 Å². The number of fused-ring (bicyclic) bond motifs is 1. The third-order valence-corrected chi connectivity index (χ3v) is 4.53. The van der Waals surface area contributed by atoms with Crippen LogP contribution in [0, 0.1) is 6.92 Å². The van der Waals surface area contributed by atoms with Crippen molar-refractivity contribution >= 4 is 23.1 Å². The average Bonchev–Trinajstić information content (AvgIpc) is 3.16. The number of carbonyl (C=O) groups excluding carboxylic acids is 1. The van der Waals surface area contributed by atoms with Crippen LogP contribution in [0.3, 0.4) is 0 Å². The second-order valence-corrected chi connectivity index (χ2v) is 6.40. The first-order valence-corrected chi connectivity index (χ1v) is 8.01. The van der Waals surface area contributed by atoms with Gasteiger partial charge in [0.05, 0.1) is 6.54 Å². The number of ether oxygens (including phenoxy) is 3. The molecular formula is C16H18N2O4S. The minimum absolute atomic E-state index is 0.156. The van der Waals surface area contributed by atoms with Crippen LogP contribution in [0.2, 0.25) is 0 Å². The van der Waals surface area contributed by atoms with E-state index in [4.69, 9.17) is 14.2 Å². The Morgan fingerprint density at radius 1 is 1.30 bits per heavy atom. The number of nitrogens with one attached hydrogen (secondary N) is 2. The number of benzene rings is 1. The normalized spacial score (nSPS) is 13.7. The van der Waals surface area contributed by atoms with Crippen LogP contribution in [-0.4, -0.2) is 26.5 Å². The van der Waals surface area contributed by atoms with E-state index in [-0.39, 0.29) is 18.9 Å². The number of thiophene rings is 1. The van der Waals surface area contributed by atoms with Gasteiger partial charge in [0.1, 0.15) is 6.10 Å². The maximum absolute atomic E-state index is 12.0. The van der Waals surface area contributed by atoms with Crippen LogP contribution in [0.4, 0.5) is 10.5 Å². The lowest BCUT2D eigenvalue weighted by Gasteiger charge is -2.15. The Hall–Kier alpha value is -2.25. The molecule has 23 heavy (non-hydrogen) atoms. The predicted octanol–water partition coefficient (Wildman–Crippen LogP) is 3.29. The monoisotopic (exact) mass is 334 g/mol. The zero-order valence-electron chi connectivity index (χ0n) is 12.9. The van der Waals surface area contributed by atoms with Crippen LogP contribution < -0.4 is 20.1 Å². The predicted molar refractivity (Wildman–Crippen MR) is 88.4 cm³/mol. The molecule has 2 amide bonds. The number of rotatable bonds is 5. The fourth-order valence-corrected chi connectivity index (χ4v) is 3.22. The number of hydrogen-bond donors (Lipinski definition) is 2. The lowest BCUT2D eigenvalue weighted by Crippen LogP contribution is -2.32. The zero-order chi connectivity index (χ0) is 16.2. The van der Waals surface area contributed by atoms with Crippen molar-refractivity contribution in [1.29, 1.82) is 0 Å². The number of anilines is 1. The summed E-state index contributed by atoms with van der Waals surface area (Å²) in [5.74, 6) is 1.31. The van der Waals surface area contributed by atoms with E-state index in [0.717, 1.165) is 4.88 Å². The molecule has 0 saturated carbocycles. The van der Waals surface area contributed by atoms with Gasteiger partial charge in [0.25, 0.3) is 0 Å². The molecule has 1 aromatic carbocycles. The molecule has 2 N–H and O–H groups in total. The van der Waals surface area contributed by atoms with Gasteiger partial charge in [0.15, 0.2) is 11.5 Å². The summed E-state index contributed by atoms with van der Waals surface area (Å²) in [5, 5.41) is 5.59.